The summed E-state index contributed by atoms with van der Waals surface area (Å²) in [4.78, 5) is 5.65. The number of nitrogens with zero attached hydrogens (tertiary/aromatic N) is 2. The lowest BCUT2D eigenvalue weighted by atomic mass is 10.1. The first kappa shape index (κ1) is 17.0. The summed E-state index contributed by atoms with van der Waals surface area (Å²) in [6.07, 6.45) is -1.47. The maximum Gasteiger partial charge on any atom is 0.419 e. The molecule has 1 aliphatic heterocycles. The second-order valence-electron chi connectivity index (χ2n) is 4.77. The van der Waals surface area contributed by atoms with Crippen LogP contribution in [-0.4, -0.2) is 36.1 Å². The van der Waals surface area contributed by atoms with Crippen LogP contribution in [0.3, 0.4) is 0 Å². The van der Waals surface area contributed by atoms with E-state index in [2.05, 4.69) is 36.8 Å². The molecule has 1 aromatic heterocycles. The fourth-order valence-electron chi connectivity index (χ4n) is 2.34. The number of alkyl halides is 4. The molecular formula is C13H15Br2F3N2O. The van der Waals surface area contributed by atoms with Crippen molar-refractivity contribution in [3.05, 3.63) is 22.3 Å². The van der Waals surface area contributed by atoms with Gasteiger partial charge in [-0.15, -0.1) is 0 Å². The number of rotatable bonds is 4. The Morgan fingerprint density at radius 2 is 2.00 bits per heavy atom. The minimum absolute atomic E-state index is 0.00430. The van der Waals surface area contributed by atoms with E-state index in [1.54, 1.807) is 4.90 Å². The van der Waals surface area contributed by atoms with Gasteiger partial charge >= 0.3 is 6.18 Å². The Kier molecular flexibility index (Phi) is 5.90. The molecule has 1 saturated heterocycles. The summed E-state index contributed by atoms with van der Waals surface area (Å²) >= 11 is 6.33. The first-order chi connectivity index (χ1) is 9.91. The van der Waals surface area contributed by atoms with Crippen LogP contribution in [0.4, 0.5) is 19.0 Å². The zero-order valence-corrected chi connectivity index (χ0v) is 14.3. The Labute approximate surface area is 138 Å². The Balaban J connectivity index is 2.10. The number of pyridine rings is 1. The predicted octanol–water partition coefficient (Wildman–Crippen LogP) is 4.24. The zero-order valence-electron chi connectivity index (χ0n) is 11.2. The van der Waals surface area contributed by atoms with Crippen LogP contribution in [0.1, 0.15) is 18.4 Å². The van der Waals surface area contributed by atoms with Gasteiger partial charge in [-0.2, -0.15) is 13.2 Å². The van der Waals surface area contributed by atoms with E-state index in [9.17, 15) is 13.2 Å². The van der Waals surface area contributed by atoms with Crippen LogP contribution in [0.15, 0.2) is 16.7 Å². The average molecular weight is 432 g/mol. The summed E-state index contributed by atoms with van der Waals surface area (Å²) in [6.45, 7) is 1.66. The van der Waals surface area contributed by atoms with Gasteiger partial charge in [0.15, 0.2) is 0 Å². The standard InChI is InChI=1S/C13H15Br2F3N2O/c14-3-6-21-10-1-4-20(5-2-10)12-11(13(16,17)18)7-9(15)8-19-12/h7-8,10H,1-6H2. The number of piperidine rings is 1. The highest BCUT2D eigenvalue weighted by molar-refractivity contribution is 9.10. The van der Waals surface area contributed by atoms with Crippen LogP contribution in [0.25, 0.3) is 0 Å². The molecule has 2 rings (SSSR count). The summed E-state index contributed by atoms with van der Waals surface area (Å²) in [7, 11) is 0. The normalized spacial score (nSPS) is 17.3. The van der Waals surface area contributed by atoms with E-state index in [0.29, 0.717) is 37.0 Å². The van der Waals surface area contributed by atoms with Crippen LogP contribution in [-0.2, 0) is 10.9 Å². The average Bonchev–Trinajstić information content (AvgIpc) is 2.45. The molecular weight excluding hydrogens is 417 g/mol. The Bertz CT molecular complexity index is 477. The highest BCUT2D eigenvalue weighted by Gasteiger charge is 2.37. The number of hydrogen-bond donors (Lipinski definition) is 0. The molecule has 0 amide bonds. The van der Waals surface area contributed by atoms with Crippen LogP contribution in [0.5, 0.6) is 0 Å². The molecule has 0 unspecified atom stereocenters. The molecule has 0 bridgehead atoms. The third-order valence-electron chi connectivity index (χ3n) is 3.31. The lowest BCUT2D eigenvalue weighted by Crippen LogP contribution is -2.38. The summed E-state index contributed by atoms with van der Waals surface area (Å²) in [5.41, 5.74) is -0.697. The number of ether oxygens (including phenoxy) is 1. The number of anilines is 1. The summed E-state index contributed by atoms with van der Waals surface area (Å²) < 4.78 is 45.3. The summed E-state index contributed by atoms with van der Waals surface area (Å²) in [5, 5.41) is 0.764. The monoisotopic (exact) mass is 430 g/mol. The van der Waals surface area contributed by atoms with Gasteiger partial charge in [0.25, 0.3) is 0 Å². The van der Waals surface area contributed by atoms with E-state index in [1.807, 2.05) is 0 Å². The van der Waals surface area contributed by atoms with Crippen LogP contribution >= 0.6 is 31.9 Å². The molecule has 3 nitrogen and oxygen atoms in total. The zero-order chi connectivity index (χ0) is 15.5. The van der Waals surface area contributed by atoms with Crippen LogP contribution in [0, 0.1) is 0 Å². The second kappa shape index (κ2) is 7.28. The van der Waals surface area contributed by atoms with Crippen molar-refractivity contribution in [3.63, 3.8) is 0 Å². The molecule has 0 N–H and O–H groups in total. The van der Waals surface area contributed by atoms with Gasteiger partial charge in [-0.05, 0) is 34.8 Å². The highest BCUT2D eigenvalue weighted by Crippen LogP contribution is 2.37. The van der Waals surface area contributed by atoms with Crippen molar-refractivity contribution in [1.82, 2.24) is 4.98 Å². The first-order valence-corrected chi connectivity index (χ1v) is 8.48. The Hall–Kier alpha value is -0.340. The number of aromatic nitrogens is 1. The lowest BCUT2D eigenvalue weighted by Gasteiger charge is -2.34. The van der Waals surface area contributed by atoms with Crippen molar-refractivity contribution in [2.75, 3.05) is 29.9 Å². The van der Waals surface area contributed by atoms with Gasteiger partial charge < -0.3 is 9.64 Å². The topological polar surface area (TPSA) is 25.4 Å². The molecule has 118 valence electrons. The largest absolute Gasteiger partial charge is 0.419 e. The van der Waals surface area contributed by atoms with E-state index in [0.717, 1.165) is 11.4 Å². The molecule has 0 spiro atoms. The van der Waals surface area contributed by atoms with E-state index >= 15 is 0 Å². The lowest BCUT2D eigenvalue weighted by molar-refractivity contribution is -0.137. The summed E-state index contributed by atoms with van der Waals surface area (Å²) in [5.74, 6) is 0.00430. The Morgan fingerprint density at radius 3 is 2.57 bits per heavy atom. The quantitative estimate of drug-likeness (QED) is 0.666. The predicted molar refractivity (Wildman–Crippen MR) is 81.9 cm³/mol. The van der Waals surface area contributed by atoms with Gasteiger partial charge in [0.2, 0.25) is 0 Å². The van der Waals surface area contributed by atoms with Gasteiger partial charge in [0.05, 0.1) is 18.3 Å². The fourth-order valence-corrected chi connectivity index (χ4v) is 2.86. The Morgan fingerprint density at radius 1 is 1.33 bits per heavy atom. The van der Waals surface area contributed by atoms with Gasteiger partial charge in [-0.3, -0.25) is 0 Å². The minimum atomic E-state index is -4.41. The SMILES string of the molecule is FC(F)(F)c1cc(Br)cnc1N1CCC(OCCBr)CC1. The van der Waals surface area contributed by atoms with Crippen LogP contribution in [0.2, 0.25) is 0 Å². The van der Waals surface area contributed by atoms with Gasteiger partial charge in [0.1, 0.15) is 5.82 Å². The van der Waals surface area contributed by atoms with Gasteiger partial charge in [-0.1, -0.05) is 15.9 Å². The van der Waals surface area contributed by atoms with Gasteiger partial charge in [-0.25, -0.2) is 4.98 Å². The van der Waals surface area contributed by atoms with Crippen molar-refractivity contribution < 1.29 is 17.9 Å². The van der Waals surface area contributed by atoms with Gasteiger partial charge in [0, 0.05) is 29.1 Å². The fraction of sp³-hybridized carbons (Fsp3) is 0.615. The van der Waals surface area contributed by atoms with Crippen molar-refractivity contribution in [1.29, 1.82) is 0 Å². The highest BCUT2D eigenvalue weighted by atomic mass is 79.9. The van der Waals surface area contributed by atoms with E-state index < -0.39 is 11.7 Å². The first-order valence-electron chi connectivity index (χ1n) is 6.57. The molecule has 2 heterocycles. The van der Waals surface area contributed by atoms with E-state index in [-0.39, 0.29) is 11.9 Å². The smallest absolute Gasteiger partial charge is 0.377 e. The summed E-state index contributed by atoms with van der Waals surface area (Å²) in [6, 6.07) is 1.08. The second-order valence-corrected chi connectivity index (χ2v) is 6.48. The van der Waals surface area contributed by atoms with E-state index in [4.69, 9.17) is 4.74 Å². The van der Waals surface area contributed by atoms with Crippen molar-refractivity contribution >= 4 is 37.7 Å². The number of halogens is 5. The van der Waals surface area contributed by atoms with Crippen LogP contribution < -0.4 is 4.90 Å². The molecule has 0 atom stereocenters. The minimum Gasteiger partial charge on any atom is -0.377 e. The third-order valence-corrected chi connectivity index (χ3v) is 4.07. The maximum absolute atomic E-state index is 13.1. The number of hydrogen-bond acceptors (Lipinski definition) is 3. The van der Waals surface area contributed by atoms with Crippen molar-refractivity contribution in [2.45, 2.75) is 25.1 Å². The molecule has 21 heavy (non-hydrogen) atoms. The molecule has 0 radical (unpaired) electrons. The molecule has 0 saturated carbocycles. The molecule has 0 aliphatic carbocycles. The maximum atomic E-state index is 13.1. The molecule has 1 fully saturated rings. The molecule has 0 aromatic carbocycles. The van der Waals surface area contributed by atoms with E-state index in [1.165, 1.54) is 6.20 Å². The third kappa shape index (κ3) is 4.56. The van der Waals surface area contributed by atoms with Crippen molar-refractivity contribution in [3.8, 4) is 0 Å². The van der Waals surface area contributed by atoms with Crippen molar-refractivity contribution in [2.24, 2.45) is 0 Å². The molecule has 1 aromatic rings. The molecule has 8 heteroatoms. The molecule has 1 aliphatic rings.